The number of rotatable bonds is 3. The van der Waals surface area contributed by atoms with Crippen LogP contribution < -0.4 is 22.0 Å². The first-order valence-electron chi connectivity index (χ1n) is 9.18. The van der Waals surface area contributed by atoms with E-state index in [4.69, 9.17) is 0 Å². The van der Waals surface area contributed by atoms with Crippen molar-refractivity contribution >= 4 is 21.8 Å². The third kappa shape index (κ3) is 2.58. The SMILES string of the molecule is O=c1c2[nH]cc[nH]c2c(=O)c2c(=O)n(Cc3cccc(-c4cccnc4)c3)c(=O)c12. The minimum atomic E-state index is -0.761. The van der Waals surface area contributed by atoms with Crippen LogP contribution in [0.15, 0.2) is 80.4 Å². The summed E-state index contributed by atoms with van der Waals surface area (Å²) in [5, 5.41) is -0.756. The van der Waals surface area contributed by atoms with Gasteiger partial charge in [-0.1, -0.05) is 24.3 Å². The quantitative estimate of drug-likeness (QED) is 0.477. The number of H-pyrrole nitrogens is 2. The van der Waals surface area contributed by atoms with Gasteiger partial charge < -0.3 is 9.97 Å². The fourth-order valence-corrected chi connectivity index (χ4v) is 3.71. The van der Waals surface area contributed by atoms with Crippen LogP contribution in [-0.2, 0) is 6.54 Å². The zero-order chi connectivity index (χ0) is 20.8. The molecule has 146 valence electrons. The molecule has 0 unspecified atom stereocenters. The predicted octanol–water partition coefficient (Wildman–Crippen LogP) is 1.44. The second-order valence-electron chi connectivity index (χ2n) is 6.92. The van der Waals surface area contributed by atoms with Crippen LogP contribution in [0.2, 0.25) is 0 Å². The van der Waals surface area contributed by atoms with Crippen molar-refractivity contribution in [3.63, 3.8) is 0 Å². The maximum Gasteiger partial charge on any atom is 0.266 e. The Morgan fingerprint density at radius 1 is 0.800 bits per heavy atom. The second kappa shape index (κ2) is 6.63. The highest BCUT2D eigenvalue weighted by Crippen LogP contribution is 2.19. The van der Waals surface area contributed by atoms with Crippen LogP contribution in [0.25, 0.3) is 32.9 Å². The summed E-state index contributed by atoms with van der Waals surface area (Å²) in [6.45, 7) is -0.0525. The first-order valence-corrected chi connectivity index (χ1v) is 9.18. The summed E-state index contributed by atoms with van der Waals surface area (Å²) >= 11 is 0. The van der Waals surface area contributed by atoms with Crippen LogP contribution in [0.4, 0.5) is 0 Å². The van der Waals surface area contributed by atoms with Gasteiger partial charge in [-0.15, -0.1) is 0 Å². The number of hydrogen-bond acceptors (Lipinski definition) is 5. The van der Waals surface area contributed by atoms with Crippen LogP contribution in [-0.4, -0.2) is 19.5 Å². The Balaban J connectivity index is 1.71. The van der Waals surface area contributed by atoms with Gasteiger partial charge in [0.15, 0.2) is 0 Å². The standard InChI is InChI=1S/C22H14N4O4/c27-19-15-16(20(28)18-17(19)24-7-8-25-18)22(30)26(21(15)29)11-12-3-1-4-13(9-12)14-5-2-6-23-10-14/h1-10,24-25H,11H2. The summed E-state index contributed by atoms with van der Waals surface area (Å²) in [5.74, 6) is 0. The number of hydrogen-bond donors (Lipinski definition) is 2. The molecule has 0 aliphatic rings. The molecule has 0 aliphatic carbocycles. The minimum Gasteiger partial charge on any atom is -0.355 e. The van der Waals surface area contributed by atoms with Crippen molar-refractivity contribution in [2.24, 2.45) is 0 Å². The second-order valence-corrected chi connectivity index (χ2v) is 6.92. The molecule has 3 aromatic heterocycles. The molecule has 5 rings (SSSR count). The van der Waals surface area contributed by atoms with Crippen molar-refractivity contribution in [2.75, 3.05) is 0 Å². The van der Waals surface area contributed by atoms with Gasteiger partial charge in [0.25, 0.3) is 11.1 Å². The van der Waals surface area contributed by atoms with Crippen LogP contribution in [0, 0.1) is 0 Å². The Hall–Kier alpha value is -4.33. The third-order valence-corrected chi connectivity index (χ3v) is 5.13. The Kier molecular flexibility index (Phi) is 3.92. The van der Waals surface area contributed by atoms with Gasteiger partial charge in [0.2, 0.25) is 10.9 Å². The van der Waals surface area contributed by atoms with Crippen molar-refractivity contribution in [1.29, 1.82) is 0 Å². The zero-order valence-electron chi connectivity index (χ0n) is 15.5. The van der Waals surface area contributed by atoms with E-state index in [9.17, 15) is 19.2 Å². The van der Waals surface area contributed by atoms with Crippen molar-refractivity contribution < 1.29 is 0 Å². The number of nitrogens with one attached hydrogen (secondary N) is 2. The molecule has 0 saturated heterocycles. The van der Waals surface area contributed by atoms with Gasteiger partial charge in [-0.3, -0.25) is 28.7 Å². The Labute approximate surface area is 167 Å². The lowest BCUT2D eigenvalue weighted by Gasteiger charge is -2.05. The van der Waals surface area contributed by atoms with Crippen molar-refractivity contribution in [2.45, 2.75) is 6.54 Å². The van der Waals surface area contributed by atoms with Gasteiger partial charge in [-0.2, -0.15) is 0 Å². The Bertz CT molecular complexity index is 1570. The molecule has 0 atom stereocenters. The summed E-state index contributed by atoms with van der Waals surface area (Å²) in [6, 6.07) is 11.0. The molecular formula is C22H14N4O4. The molecule has 0 saturated carbocycles. The Morgan fingerprint density at radius 2 is 1.43 bits per heavy atom. The molecule has 3 heterocycles. The molecule has 0 amide bonds. The zero-order valence-corrected chi connectivity index (χ0v) is 15.5. The first kappa shape index (κ1) is 17.7. The number of aromatic nitrogens is 4. The maximum absolute atomic E-state index is 12.9. The van der Waals surface area contributed by atoms with Crippen LogP contribution in [0.5, 0.6) is 0 Å². The third-order valence-electron chi connectivity index (χ3n) is 5.13. The van der Waals surface area contributed by atoms with Gasteiger partial charge in [-0.05, 0) is 28.8 Å². The topological polar surface area (TPSA) is 118 Å². The van der Waals surface area contributed by atoms with Gasteiger partial charge in [0, 0.05) is 24.8 Å². The summed E-state index contributed by atoms with van der Waals surface area (Å²) in [4.78, 5) is 60.8. The van der Waals surface area contributed by atoms with Gasteiger partial charge >= 0.3 is 0 Å². The average molecular weight is 398 g/mol. The Morgan fingerprint density at radius 3 is 2.03 bits per heavy atom. The predicted molar refractivity (Wildman–Crippen MR) is 113 cm³/mol. The van der Waals surface area contributed by atoms with Gasteiger partial charge in [0.1, 0.15) is 21.8 Å². The van der Waals surface area contributed by atoms with Crippen LogP contribution in [0.1, 0.15) is 5.56 Å². The van der Waals surface area contributed by atoms with E-state index >= 15 is 0 Å². The summed E-state index contributed by atoms with van der Waals surface area (Å²) in [6.07, 6.45) is 6.27. The largest absolute Gasteiger partial charge is 0.355 e. The van der Waals surface area contributed by atoms with Crippen LogP contribution in [0.3, 0.4) is 0 Å². The number of fused-ring (bicyclic) bond motifs is 2. The molecule has 2 N–H and O–H groups in total. The molecule has 8 heteroatoms. The molecule has 0 aliphatic heterocycles. The van der Waals surface area contributed by atoms with E-state index in [0.717, 1.165) is 15.7 Å². The van der Waals surface area contributed by atoms with Crippen LogP contribution >= 0.6 is 0 Å². The molecule has 0 bridgehead atoms. The van der Waals surface area contributed by atoms with Gasteiger partial charge in [0.05, 0.1) is 6.54 Å². The summed E-state index contributed by atoms with van der Waals surface area (Å²) in [5.41, 5.74) is -0.447. The fourth-order valence-electron chi connectivity index (χ4n) is 3.71. The highest BCUT2D eigenvalue weighted by molar-refractivity contribution is 5.94. The van der Waals surface area contributed by atoms with E-state index in [1.807, 2.05) is 30.3 Å². The lowest BCUT2D eigenvalue weighted by Crippen LogP contribution is -2.27. The normalized spacial score (nSPS) is 11.3. The number of pyridine rings is 1. The highest BCUT2D eigenvalue weighted by atomic mass is 16.2. The van der Waals surface area contributed by atoms with E-state index in [2.05, 4.69) is 15.0 Å². The van der Waals surface area contributed by atoms with E-state index in [1.165, 1.54) is 12.4 Å². The summed E-state index contributed by atoms with van der Waals surface area (Å²) in [7, 11) is 0. The monoisotopic (exact) mass is 398 g/mol. The number of aromatic amines is 2. The molecule has 2 aromatic carbocycles. The molecule has 0 radical (unpaired) electrons. The maximum atomic E-state index is 12.9. The first-order chi connectivity index (χ1) is 14.6. The minimum absolute atomic E-state index is 0.0252. The lowest BCUT2D eigenvalue weighted by atomic mass is 10.0. The lowest BCUT2D eigenvalue weighted by molar-refractivity contribution is 0.754. The fraction of sp³-hybridized carbons (Fsp3) is 0.0455. The molecule has 8 nitrogen and oxygen atoms in total. The van der Waals surface area contributed by atoms with Gasteiger partial charge in [-0.25, -0.2) is 0 Å². The molecule has 0 fully saturated rings. The molecular weight excluding hydrogens is 384 g/mol. The number of nitrogens with zero attached hydrogens (tertiary/aromatic N) is 2. The molecule has 30 heavy (non-hydrogen) atoms. The van der Waals surface area contributed by atoms with E-state index < -0.39 is 22.0 Å². The highest BCUT2D eigenvalue weighted by Gasteiger charge is 2.22. The van der Waals surface area contributed by atoms with E-state index in [0.29, 0.717) is 5.56 Å². The molecule has 0 spiro atoms. The molecule has 5 aromatic rings. The summed E-state index contributed by atoms with van der Waals surface area (Å²) < 4.78 is 0.939. The van der Waals surface area contributed by atoms with Crippen molar-refractivity contribution in [3.05, 3.63) is 108 Å². The van der Waals surface area contributed by atoms with Crippen molar-refractivity contribution in [3.8, 4) is 11.1 Å². The van der Waals surface area contributed by atoms with Crippen molar-refractivity contribution in [1.82, 2.24) is 19.5 Å². The van der Waals surface area contributed by atoms with E-state index in [-0.39, 0.29) is 28.4 Å². The van der Waals surface area contributed by atoms with E-state index in [1.54, 1.807) is 18.5 Å². The smallest absolute Gasteiger partial charge is 0.266 e. The average Bonchev–Trinajstić information content (AvgIpc) is 3.03. The number of benzene rings is 2.